The smallest absolute Gasteiger partial charge is 0.419 e. The van der Waals surface area contributed by atoms with Crippen LogP contribution in [0.1, 0.15) is 44.4 Å². The molecule has 4 rings (SSSR count). The Hall–Kier alpha value is -2.03. The summed E-state index contributed by atoms with van der Waals surface area (Å²) in [7, 11) is 0. The van der Waals surface area contributed by atoms with E-state index in [1.54, 1.807) is 0 Å². The van der Waals surface area contributed by atoms with Gasteiger partial charge in [-0.3, -0.25) is 0 Å². The van der Waals surface area contributed by atoms with Gasteiger partial charge in [-0.15, -0.1) is 0 Å². The lowest BCUT2D eigenvalue weighted by molar-refractivity contribution is 0.0538. The number of nitrogens with zero attached hydrogens (tertiary/aromatic N) is 1. The van der Waals surface area contributed by atoms with Crippen molar-refractivity contribution >= 4 is 17.0 Å². The summed E-state index contributed by atoms with van der Waals surface area (Å²) in [5, 5.41) is 1.20. The fourth-order valence-electron chi connectivity index (χ4n) is 3.83. The SMILES string of the molecule is CC(C)(C)OC(=O)n1c2c(c3ccccc31)CC1C=CC2C1. The molecule has 2 aromatic rings. The molecule has 0 amide bonds. The molecular formula is C19H21NO2. The van der Waals surface area contributed by atoms with Crippen LogP contribution < -0.4 is 0 Å². The molecule has 1 aromatic carbocycles. The van der Waals surface area contributed by atoms with Crippen molar-refractivity contribution in [1.82, 2.24) is 4.57 Å². The molecule has 0 spiro atoms. The molecule has 0 fully saturated rings. The first-order valence-corrected chi connectivity index (χ1v) is 7.98. The van der Waals surface area contributed by atoms with Crippen LogP contribution in [0.15, 0.2) is 36.4 Å². The van der Waals surface area contributed by atoms with Crippen molar-refractivity contribution in [2.75, 3.05) is 0 Å². The molecule has 1 heterocycles. The van der Waals surface area contributed by atoms with Gasteiger partial charge in [0.1, 0.15) is 5.60 Å². The maximum Gasteiger partial charge on any atom is 0.419 e. The number of ether oxygens (including phenoxy) is 1. The topological polar surface area (TPSA) is 31.2 Å². The summed E-state index contributed by atoms with van der Waals surface area (Å²) in [6.45, 7) is 5.73. The van der Waals surface area contributed by atoms with Gasteiger partial charge in [0.15, 0.2) is 0 Å². The highest BCUT2D eigenvalue weighted by molar-refractivity contribution is 5.94. The van der Waals surface area contributed by atoms with Crippen LogP contribution >= 0.6 is 0 Å². The first kappa shape index (κ1) is 13.6. The van der Waals surface area contributed by atoms with Crippen molar-refractivity contribution < 1.29 is 9.53 Å². The van der Waals surface area contributed by atoms with Crippen LogP contribution in [0.4, 0.5) is 4.79 Å². The molecule has 2 aliphatic carbocycles. The van der Waals surface area contributed by atoms with Crippen LogP contribution in [0.3, 0.4) is 0 Å². The number of hydrogen-bond acceptors (Lipinski definition) is 2. The summed E-state index contributed by atoms with van der Waals surface area (Å²) in [5.74, 6) is 0.962. The van der Waals surface area contributed by atoms with Crippen molar-refractivity contribution in [2.24, 2.45) is 5.92 Å². The Balaban J connectivity index is 1.94. The molecule has 1 aromatic heterocycles. The first-order valence-electron chi connectivity index (χ1n) is 7.98. The third-order valence-electron chi connectivity index (χ3n) is 4.59. The Morgan fingerprint density at radius 1 is 1.23 bits per heavy atom. The molecule has 3 heteroatoms. The van der Waals surface area contributed by atoms with E-state index in [0.29, 0.717) is 11.8 Å². The molecule has 0 radical (unpaired) electrons. The lowest BCUT2D eigenvalue weighted by Crippen LogP contribution is -2.29. The molecule has 2 aliphatic rings. The number of benzene rings is 1. The highest BCUT2D eigenvalue weighted by Crippen LogP contribution is 2.45. The number of hydrogen-bond donors (Lipinski definition) is 0. The predicted molar refractivity (Wildman–Crippen MR) is 87.3 cm³/mol. The molecule has 114 valence electrons. The monoisotopic (exact) mass is 295 g/mol. The zero-order valence-corrected chi connectivity index (χ0v) is 13.3. The molecular weight excluding hydrogens is 274 g/mol. The average molecular weight is 295 g/mol. The lowest BCUT2D eigenvalue weighted by atomic mass is 9.85. The van der Waals surface area contributed by atoms with E-state index in [1.165, 1.54) is 10.9 Å². The number of para-hydroxylation sites is 1. The Kier molecular flexibility index (Phi) is 2.77. The van der Waals surface area contributed by atoms with Gasteiger partial charge >= 0.3 is 6.09 Å². The maximum atomic E-state index is 12.8. The van der Waals surface area contributed by atoms with Gasteiger partial charge in [0.25, 0.3) is 0 Å². The van der Waals surface area contributed by atoms with Crippen LogP contribution in [-0.4, -0.2) is 16.3 Å². The summed E-state index contributed by atoms with van der Waals surface area (Å²) in [5.41, 5.74) is 2.95. The lowest BCUT2D eigenvalue weighted by Gasteiger charge is -2.24. The summed E-state index contributed by atoms with van der Waals surface area (Å²) in [6.07, 6.45) is 6.45. The molecule has 0 aliphatic heterocycles. The van der Waals surface area contributed by atoms with E-state index in [4.69, 9.17) is 4.74 Å². The Morgan fingerprint density at radius 2 is 2.00 bits per heavy atom. The maximum absolute atomic E-state index is 12.8. The molecule has 2 unspecified atom stereocenters. The van der Waals surface area contributed by atoms with Gasteiger partial charge in [-0.05, 0) is 51.2 Å². The molecule has 0 saturated carbocycles. The van der Waals surface area contributed by atoms with Crippen molar-refractivity contribution in [3.8, 4) is 0 Å². The quantitative estimate of drug-likeness (QED) is 0.663. The van der Waals surface area contributed by atoms with Crippen molar-refractivity contribution in [1.29, 1.82) is 0 Å². The number of aromatic nitrogens is 1. The van der Waals surface area contributed by atoms with E-state index >= 15 is 0 Å². The number of fused-ring (bicyclic) bond motifs is 6. The number of allylic oxidation sites excluding steroid dienone is 2. The van der Waals surface area contributed by atoms with Gasteiger partial charge in [-0.1, -0.05) is 30.4 Å². The van der Waals surface area contributed by atoms with Crippen LogP contribution in [-0.2, 0) is 11.2 Å². The van der Waals surface area contributed by atoms with Crippen molar-refractivity contribution in [3.63, 3.8) is 0 Å². The van der Waals surface area contributed by atoms with Gasteiger partial charge in [0.2, 0.25) is 0 Å². The third-order valence-corrected chi connectivity index (χ3v) is 4.59. The van der Waals surface area contributed by atoms with Gasteiger partial charge in [0, 0.05) is 17.0 Å². The summed E-state index contributed by atoms with van der Waals surface area (Å²) in [6, 6.07) is 8.18. The second-order valence-electron chi connectivity index (χ2n) is 7.39. The third kappa shape index (κ3) is 1.99. The molecule has 2 bridgehead atoms. The van der Waals surface area contributed by atoms with Crippen LogP contribution in [0.5, 0.6) is 0 Å². The predicted octanol–water partition coefficient (Wildman–Crippen LogP) is 4.64. The van der Waals surface area contributed by atoms with Crippen LogP contribution in [0.2, 0.25) is 0 Å². The largest absolute Gasteiger partial charge is 0.443 e. The first-order chi connectivity index (χ1) is 10.4. The molecule has 2 atom stereocenters. The number of carbonyl (C=O) groups is 1. The normalized spacial score (nSPS) is 22.9. The van der Waals surface area contributed by atoms with E-state index in [2.05, 4.69) is 18.2 Å². The van der Waals surface area contributed by atoms with E-state index < -0.39 is 5.60 Å². The van der Waals surface area contributed by atoms with Crippen molar-refractivity contribution in [2.45, 2.75) is 45.1 Å². The van der Waals surface area contributed by atoms with Gasteiger partial charge in [-0.2, -0.15) is 0 Å². The van der Waals surface area contributed by atoms with Crippen LogP contribution in [0, 0.1) is 5.92 Å². The summed E-state index contributed by atoms with van der Waals surface area (Å²) in [4.78, 5) is 12.8. The Bertz CT molecular complexity index is 792. The average Bonchev–Trinajstić information content (AvgIpc) is 2.97. The van der Waals surface area contributed by atoms with E-state index in [1.807, 2.05) is 43.5 Å². The number of carbonyl (C=O) groups excluding carboxylic acids is 1. The van der Waals surface area contributed by atoms with E-state index in [-0.39, 0.29) is 6.09 Å². The van der Waals surface area contributed by atoms with Crippen molar-refractivity contribution in [3.05, 3.63) is 47.7 Å². The van der Waals surface area contributed by atoms with E-state index in [0.717, 1.165) is 24.1 Å². The fraction of sp³-hybridized carbons (Fsp3) is 0.421. The minimum absolute atomic E-state index is 0.260. The zero-order chi connectivity index (χ0) is 15.5. The Morgan fingerprint density at radius 3 is 2.77 bits per heavy atom. The highest BCUT2D eigenvalue weighted by Gasteiger charge is 2.36. The minimum atomic E-state index is -0.488. The second kappa shape index (κ2) is 4.48. The fourth-order valence-corrected chi connectivity index (χ4v) is 3.83. The molecule has 3 nitrogen and oxygen atoms in total. The second-order valence-corrected chi connectivity index (χ2v) is 7.39. The highest BCUT2D eigenvalue weighted by atomic mass is 16.6. The Labute approximate surface area is 130 Å². The molecule has 22 heavy (non-hydrogen) atoms. The molecule has 0 saturated heterocycles. The van der Waals surface area contributed by atoms with Gasteiger partial charge < -0.3 is 4.74 Å². The standard InChI is InChI=1S/C19H21NO2/c1-19(2,3)22-18(21)20-16-7-5-4-6-14(16)15-11-12-8-9-13(10-12)17(15)20/h4-9,12-13H,10-11H2,1-3H3. The minimum Gasteiger partial charge on any atom is -0.443 e. The molecule has 0 N–H and O–H groups in total. The summed E-state index contributed by atoms with van der Waals surface area (Å²) < 4.78 is 7.47. The van der Waals surface area contributed by atoms with Gasteiger partial charge in [-0.25, -0.2) is 9.36 Å². The zero-order valence-electron chi connectivity index (χ0n) is 13.3. The van der Waals surface area contributed by atoms with Gasteiger partial charge in [0.05, 0.1) is 5.52 Å². The van der Waals surface area contributed by atoms with E-state index in [9.17, 15) is 4.79 Å². The number of rotatable bonds is 0. The summed E-state index contributed by atoms with van der Waals surface area (Å²) >= 11 is 0. The van der Waals surface area contributed by atoms with Crippen LogP contribution in [0.25, 0.3) is 10.9 Å².